The minimum atomic E-state index is 0.108. The van der Waals surface area contributed by atoms with E-state index in [-0.39, 0.29) is 11.7 Å². The third-order valence-electron chi connectivity index (χ3n) is 5.55. The SMILES string of the molecule is CC(=O)c1c(C)cc(C)c(CN2CCN(C(=O)c3ccccc3)CC2)c1C. The summed E-state index contributed by atoms with van der Waals surface area (Å²) in [6, 6.07) is 11.6. The molecule has 0 unspecified atom stereocenters. The average Bonchev–Trinajstić information content (AvgIpc) is 2.65. The Bertz CT molecular complexity index is 850. The quantitative estimate of drug-likeness (QED) is 0.776. The van der Waals surface area contributed by atoms with E-state index in [1.54, 1.807) is 6.92 Å². The maximum Gasteiger partial charge on any atom is 0.253 e. The Morgan fingerprint density at radius 3 is 2.15 bits per heavy atom. The number of carbonyl (C=O) groups excluding carboxylic acids is 2. The highest BCUT2D eigenvalue weighted by molar-refractivity contribution is 5.97. The van der Waals surface area contributed by atoms with Crippen LogP contribution < -0.4 is 0 Å². The second-order valence-electron chi connectivity index (χ2n) is 7.48. The van der Waals surface area contributed by atoms with Gasteiger partial charge < -0.3 is 4.90 Å². The van der Waals surface area contributed by atoms with Crippen molar-refractivity contribution in [3.63, 3.8) is 0 Å². The highest BCUT2D eigenvalue weighted by Crippen LogP contribution is 2.24. The highest BCUT2D eigenvalue weighted by Gasteiger charge is 2.23. The molecular weight excluding hydrogens is 336 g/mol. The molecule has 4 heteroatoms. The van der Waals surface area contributed by atoms with E-state index < -0.39 is 0 Å². The van der Waals surface area contributed by atoms with Gasteiger partial charge in [-0.15, -0.1) is 0 Å². The van der Waals surface area contributed by atoms with E-state index in [4.69, 9.17) is 0 Å². The fraction of sp³-hybridized carbons (Fsp3) is 0.391. The predicted molar refractivity (Wildman–Crippen MR) is 108 cm³/mol. The Morgan fingerprint density at radius 2 is 1.56 bits per heavy atom. The van der Waals surface area contributed by atoms with Crippen LogP contribution in [0.25, 0.3) is 0 Å². The molecule has 0 radical (unpaired) electrons. The molecule has 0 aliphatic carbocycles. The summed E-state index contributed by atoms with van der Waals surface area (Å²) < 4.78 is 0. The summed E-state index contributed by atoms with van der Waals surface area (Å²) in [6.45, 7) is 11.8. The molecule has 0 saturated carbocycles. The monoisotopic (exact) mass is 364 g/mol. The molecule has 1 saturated heterocycles. The topological polar surface area (TPSA) is 40.6 Å². The van der Waals surface area contributed by atoms with Crippen LogP contribution in [0.4, 0.5) is 0 Å². The molecule has 0 aromatic heterocycles. The number of Topliss-reactive ketones (excluding diaryl/α,β-unsaturated/α-hetero) is 1. The number of ketones is 1. The van der Waals surface area contributed by atoms with Crippen molar-refractivity contribution in [1.29, 1.82) is 0 Å². The van der Waals surface area contributed by atoms with Crippen molar-refractivity contribution >= 4 is 11.7 Å². The van der Waals surface area contributed by atoms with Gasteiger partial charge in [0.05, 0.1) is 0 Å². The Hall–Kier alpha value is -2.46. The van der Waals surface area contributed by atoms with Crippen LogP contribution in [0.15, 0.2) is 36.4 Å². The van der Waals surface area contributed by atoms with Gasteiger partial charge >= 0.3 is 0 Å². The Labute approximate surface area is 161 Å². The molecule has 0 bridgehead atoms. The number of carbonyl (C=O) groups is 2. The molecule has 0 atom stereocenters. The molecule has 1 aliphatic rings. The van der Waals surface area contributed by atoms with Gasteiger partial charge in [0, 0.05) is 43.9 Å². The van der Waals surface area contributed by atoms with Gasteiger partial charge in [0.1, 0.15) is 0 Å². The summed E-state index contributed by atoms with van der Waals surface area (Å²) in [4.78, 5) is 28.9. The maximum absolute atomic E-state index is 12.6. The van der Waals surface area contributed by atoms with Crippen LogP contribution in [0.2, 0.25) is 0 Å². The van der Waals surface area contributed by atoms with E-state index >= 15 is 0 Å². The Kier molecular flexibility index (Phi) is 5.76. The van der Waals surface area contributed by atoms with Crippen molar-refractivity contribution in [3.05, 3.63) is 69.8 Å². The molecule has 2 aromatic carbocycles. The molecule has 2 aromatic rings. The van der Waals surface area contributed by atoms with Crippen molar-refractivity contribution in [1.82, 2.24) is 9.80 Å². The zero-order valence-corrected chi connectivity index (χ0v) is 16.7. The van der Waals surface area contributed by atoms with Crippen LogP contribution in [0.1, 0.15) is 49.9 Å². The molecule has 1 amide bonds. The van der Waals surface area contributed by atoms with E-state index in [2.05, 4.69) is 24.8 Å². The first-order chi connectivity index (χ1) is 12.9. The Balaban J connectivity index is 1.69. The van der Waals surface area contributed by atoms with Gasteiger partial charge in [0.2, 0.25) is 0 Å². The number of amides is 1. The van der Waals surface area contributed by atoms with E-state index in [0.29, 0.717) is 0 Å². The van der Waals surface area contributed by atoms with Crippen LogP contribution in [0, 0.1) is 20.8 Å². The highest BCUT2D eigenvalue weighted by atomic mass is 16.2. The molecule has 142 valence electrons. The smallest absolute Gasteiger partial charge is 0.253 e. The lowest BCUT2D eigenvalue weighted by Gasteiger charge is -2.35. The molecule has 4 nitrogen and oxygen atoms in total. The van der Waals surface area contributed by atoms with Crippen molar-refractivity contribution in [3.8, 4) is 0 Å². The molecule has 0 N–H and O–H groups in total. The van der Waals surface area contributed by atoms with Crippen LogP contribution in [-0.4, -0.2) is 47.7 Å². The van der Waals surface area contributed by atoms with Gasteiger partial charge in [-0.1, -0.05) is 24.3 Å². The third kappa shape index (κ3) is 4.11. The normalized spacial score (nSPS) is 15.0. The summed E-state index contributed by atoms with van der Waals surface area (Å²) in [7, 11) is 0. The zero-order chi connectivity index (χ0) is 19.6. The van der Waals surface area contributed by atoms with Gasteiger partial charge in [-0.05, 0) is 62.1 Å². The van der Waals surface area contributed by atoms with Crippen LogP contribution in [0.5, 0.6) is 0 Å². The number of hydrogen-bond acceptors (Lipinski definition) is 3. The summed E-state index contributed by atoms with van der Waals surface area (Å²) >= 11 is 0. The predicted octanol–water partition coefficient (Wildman–Crippen LogP) is 3.77. The largest absolute Gasteiger partial charge is 0.336 e. The van der Waals surface area contributed by atoms with E-state index in [1.165, 1.54) is 11.1 Å². The minimum absolute atomic E-state index is 0.108. The van der Waals surface area contributed by atoms with Crippen molar-refractivity contribution < 1.29 is 9.59 Å². The van der Waals surface area contributed by atoms with Crippen LogP contribution in [0.3, 0.4) is 0 Å². The summed E-state index contributed by atoms with van der Waals surface area (Å²) in [5.74, 6) is 0.237. The fourth-order valence-corrected chi connectivity index (χ4v) is 4.11. The fourth-order valence-electron chi connectivity index (χ4n) is 4.11. The first-order valence-electron chi connectivity index (χ1n) is 9.55. The second-order valence-corrected chi connectivity index (χ2v) is 7.48. The molecular formula is C23H28N2O2. The number of aryl methyl sites for hydroxylation is 2. The summed E-state index contributed by atoms with van der Waals surface area (Å²) in [5, 5.41) is 0. The summed E-state index contributed by atoms with van der Waals surface area (Å²) in [6.07, 6.45) is 0. The van der Waals surface area contributed by atoms with Crippen molar-refractivity contribution in [2.24, 2.45) is 0 Å². The molecule has 3 rings (SSSR count). The Morgan fingerprint density at radius 1 is 0.926 bits per heavy atom. The minimum Gasteiger partial charge on any atom is -0.336 e. The number of piperazine rings is 1. The molecule has 27 heavy (non-hydrogen) atoms. The van der Waals surface area contributed by atoms with E-state index in [0.717, 1.165) is 55.0 Å². The lowest BCUT2D eigenvalue weighted by atomic mass is 9.91. The second kappa shape index (κ2) is 8.05. The van der Waals surface area contributed by atoms with E-state index in [1.807, 2.05) is 42.2 Å². The zero-order valence-electron chi connectivity index (χ0n) is 16.7. The number of nitrogens with zero attached hydrogens (tertiary/aromatic N) is 2. The number of rotatable bonds is 4. The lowest BCUT2D eigenvalue weighted by molar-refractivity contribution is 0.0627. The van der Waals surface area contributed by atoms with Gasteiger partial charge in [0.25, 0.3) is 5.91 Å². The standard InChI is InChI=1S/C23H28N2O2/c1-16-14-17(2)22(19(4)26)18(3)21(16)15-24-10-12-25(13-11-24)23(27)20-8-6-5-7-9-20/h5-9,14H,10-13,15H2,1-4H3. The van der Waals surface area contributed by atoms with Gasteiger partial charge in [0.15, 0.2) is 5.78 Å². The van der Waals surface area contributed by atoms with Crippen molar-refractivity contribution in [2.75, 3.05) is 26.2 Å². The van der Waals surface area contributed by atoms with Gasteiger partial charge in [-0.25, -0.2) is 0 Å². The molecule has 1 heterocycles. The van der Waals surface area contributed by atoms with Crippen LogP contribution >= 0.6 is 0 Å². The van der Waals surface area contributed by atoms with Gasteiger partial charge in [-0.2, -0.15) is 0 Å². The summed E-state index contributed by atoms with van der Waals surface area (Å²) in [5.41, 5.74) is 6.24. The first-order valence-corrected chi connectivity index (χ1v) is 9.55. The third-order valence-corrected chi connectivity index (χ3v) is 5.55. The molecule has 0 spiro atoms. The van der Waals surface area contributed by atoms with E-state index in [9.17, 15) is 9.59 Å². The number of benzene rings is 2. The van der Waals surface area contributed by atoms with Crippen molar-refractivity contribution in [2.45, 2.75) is 34.2 Å². The van der Waals surface area contributed by atoms with Crippen LogP contribution in [-0.2, 0) is 6.54 Å². The van der Waals surface area contributed by atoms with Gasteiger partial charge in [-0.3, -0.25) is 14.5 Å². The average molecular weight is 364 g/mol. The number of hydrogen-bond donors (Lipinski definition) is 0. The first kappa shape index (κ1) is 19.3. The molecule has 1 aliphatic heterocycles. The molecule has 1 fully saturated rings. The lowest BCUT2D eigenvalue weighted by Crippen LogP contribution is -2.48. The maximum atomic E-state index is 12.6.